The number of nitrogens with one attached hydrogen (secondary N) is 2. The second-order valence-corrected chi connectivity index (χ2v) is 9.45. The lowest BCUT2D eigenvalue weighted by Crippen LogP contribution is -2.23. The lowest BCUT2D eigenvalue weighted by atomic mass is 9.93. The summed E-state index contributed by atoms with van der Waals surface area (Å²) in [5, 5.41) is 5.92. The number of anilines is 1. The van der Waals surface area contributed by atoms with Crippen LogP contribution in [0.5, 0.6) is 0 Å². The van der Waals surface area contributed by atoms with Crippen LogP contribution >= 0.6 is 0 Å². The molecule has 3 aliphatic rings. The van der Waals surface area contributed by atoms with Gasteiger partial charge in [0.15, 0.2) is 0 Å². The molecule has 4 aromatic carbocycles. The molecule has 8 rings (SSSR count). The first-order chi connectivity index (χ1) is 18.7. The van der Waals surface area contributed by atoms with E-state index in [0.717, 1.165) is 38.3 Å². The number of rotatable bonds is 2. The van der Waals surface area contributed by atoms with Gasteiger partial charge in [-0.1, -0.05) is 60.7 Å². The molecule has 0 bridgehead atoms. The number of carbonyl (C=O) groups is 2. The Morgan fingerprint density at radius 2 is 1.39 bits per heavy atom. The number of nitrogens with zero attached hydrogens (tertiary/aromatic N) is 2. The first-order valence-electron chi connectivity index (χ1n) is 12.4. The molecule has 2 N–H and O–H groups in total. The number of aliphatic imine (C=N–C) groups is 1. The largest absolute Gasteiger partial charge is 0.353 e. The zero-order chi connectivity index (χ0) is 25.4. The minimum absolute atomic E-state index is 0.104. The van der Waals surface area contributed by atoms with E-state index in [0.29, 0.717) is 39.6 Å². The first-order valence-corrected chi connectivity index (χ1v) is 12.4. The van der Waals surface area contributed by atoms with Gasteiger partial charge in [-0.3, -0.25) is 9.59 Å². The summed E-state index contributed by atoms with van der Waals surface area (Å²) in [5.74, 6) is -0.235. The molecule has 1 aromatic heterocycles. The third kappa shape index (κ3) is 2.77. The Balaban J connectivity index is 1.45. The van der Waals surface area contributed by atoms with Gasteiger partial charge in [-0.05, 0) is 36.4 Å². The Kier molecular flexibility index (Phi) is 4.14. The maximum atomic E-state index is 13.6. The Bertz CT molecular complexity index is 2100. The first kappa shape index (κ1) is 20.8. The zero-order valence-electron chi connectivity index (χ0n) is 19.9. The van der Waals surface area contributed by atoms with Gasteiger partial charge in [-0.25, -0.2) is 9.98 Å². The van der Waals surface area contributed by atoms with Gasteiger partial charge in [0.1, 0.15) is 11.4 Å². The maximum Gasteiger partial charge on any atom is 0.215 e. The van der Waals surface area contributed by atoms with Crippen LogP contribution in [0.2, 0.25) is 0 Å². The van der Waals surface area contributed by atoms with Crippen molar-refractivity contribution in [2.24, 2.45) is 9.98 Å². The normalized spacial score (nSPS) is 17.3. The van der Waals surface area contributed by atoms with E-state index >= 15 is 0 Å². The van der Waals surface area contributed by atoms with E-state index in [-0.39, 0.29) is 11.6 Å². The van der Waals surface area contributed by atoms with Gasteiger partial charge in [0.2, 0.25) is 11.6 Å². The number of H-pyrrole nitrogens is 1. The predicted octanol–water partition coefficient (Wildman–Crippen LogP) is 4.84. The van der Waals surface area contributed by atoms with Gasteiger partial charge in [0.05, 0.1) is 22.4 Å². The van der Waals surface area contributed by atoms with E-state index in [1.165, 1.54) is 0 Å². The molecular weight excluding hydrogens is 472 g/mol. The number of allylic oxidation sites excluding steroid dienone is 2. The van der Waals surface area contributed by atoms with Gasteiger partial charge in [0, 0.05) is 44.1 Å². The van der Waals surface area contributed by atoms with Crippen molar-refractivity contribution >= 4 is 45.1 Å². The van der Waals surface area contributed by atoms with Crippen molar-refractivity contribution in [1.82, 2.24) is 4.98 Å². The minimum atomic E-state index is -0.131. The predicted molar refractivity (Wildman–Crippen MR) is 146 cm³/mol. The van der Waals surface area contributed by atoms with Crippen LogP contribution in [0.3, 0.4) is 0 Å². The fraction of sp³-hybridized carbons (Fsp3) is 0. The number of hydrogen-bond donors (Lipinski definition) is 2. The summed E-state index contributed by atoms with van der Waals surface area (Å²) in [6.07, 6.45) is 0. The van der Waals surface area contributed by atoms with Crippen molar-refractivity contribution in [1.29, 1.82) is 0 Å². The molecule has 3 aliphatic heterocycles. The van der Waals surface area contributed by atoms with Crippen LogP contribution in [0.25, 0.3) is 16.5 Å². The van der Waals surface area contributed by atoms with Crippen LogP contribution in [0, 0.1) is 0 Å². The van der Waals surface area contributed by atoms with Crippen LogP contribution in [0.4, 0.5) is 11.4 Å². The molecular formula is C32H18N4O2. The van der Waals surface area contributed by atoms with E-state index < -0.39 is 0 Å². The monoisotopic (exact) mass is 490 g/mol. The highest BCUT2D eigenvalue weighted by Crippen LogP contribution is 2.40. The molecule has 0 fully saturated rings. The zero-order valence-corrected chi connectivity index (χ0v) is 19.9. The summed E-state index contributed by atoms with van der Waals surface area (Å²) >= 11 is 0. The molecule has 38 heavy (non-hydrogen) atoms. The summed E-state index contributed by atoms with van der Waals surface area (Å²) in [4.78, 5) is 40.3. The summed E-state index contributed by atoms with van der Waals surface area (Å²) in [6, 6.07) is 30.6. The van der Waals surface area contributed by atoms with Gasteiger partial charge >= 0.3 is 0 Å². The van der Waals surface area contributed by atoms with Gasteiger partial charge in [-0.15, -0.1) is 0 Å². The van der Waals surface area contributed by atoms with Gasteiger partial charge in [-0.2, -0.15) is 0 Å². The molecule has 4 heterocycles. The Morgan fingerprint density at radius 3 is 2.26 bits per heavy atom. The number of benzene rings is 4. The van der Waals surface area contributed by atoms with Crippen LogP contribution in [0.15, 0.2) is 118 Å². The summed E-state index contributed by atoms with van der Waals surface area (Å²) < 4.78 is 0. The number of aromatic amines is 1. The average Bonchev–Trinajstić information content (AvgIpc) is 3.69. The highest BCUT2D eigenvalue weighted by molar-refractivity contribution is 6.55. The molecule has 0 unspecified atom stereocenters. The number of ketones is 2. The standard InChI is InChI=1S/C32H18N4O2/c37-31-19-11-3-7-15-23(19)35-29(31)27-25(17-9-1-5-13-21(17)33-27)26-18-10-2-6-14-22(18)34-28(26)30-32(38)20-12-4-8-16-24(20)36-30/h1-16,33,36H. The van der Waals surface area contributed by atoms with Crippen molar-refractivity contribution in [3.8, 4) is 0 Å². The number of aromatic nitrogens is 1. The molecule has 0 aliphatic carbocycles. The quantitative estimate of drug-likeness (QED) is 0.347. The molecule has 178 valence electrons. The fourth-order valence-electron chi connectivity index (χ4n) is 5.61. The Labute approximate surface area is 216 Å². The average molecular weight is 491 g/mol. The van der Waals surface area contributed by atoms with Crippen LogP contribution in [-0.2, 0) is 0 Å². The molecule has 0 amide bonds. The minimum Gasteiger partial charge on any atom is -0.353 e. The smallest absolute Gasteiger partial charge is 0.215 e. The van der Waals surface area contributed by atoms with Crippen molar-refractivity contribution in [2.45, 2.75) is 0 Å². The number of carbonyl (C=O) groups excluding carboxylic acids is 2. The molecule has 0 atom stereocenters. The van der Waals surface area contributed by atoms with Crippen molar-refractivity contribution in [3.05, 3.63) is 141 Å². The highest BCUT2D eigenvalue weighted by Gasteiger charge is 2.35. The molecule has 6 nitrogen and oxygen atoms in total. The SMILES string of the molecule is O=C1C(c2[nH]c3ccccc3c2C2=c3ccccc3=NC2=C2Nc3ccccc3C2=O)=Nc2ccccc21. The molecule has 5 aromatic rings. The van der Waals surface area contributed by atoms with E-state index in [1.54, 1.807) is 6.07 Å². The van der Waals surface area contributed by atoms with E-state index in [9.17, 15) is 9.59 Å². The van der Waals surface area contributed by atoms with Crippen molar-refractivity contribution < 1.29 is 9.59 Å². The van der Waals surface area contributed by atoms with Crippen LogP contribution < -0.4 is 15.9 Å². The lowest BCUT2D eigenvalue weighted by Gasteiger charge is -2.11. The van der Waals surface area contributed by atoms with Crippen molar-refractivity contribution in [2.75, 3.05) is 5.32 Å². The van der Waals surface area contributed by atoms with Crippen LogP contribution in [-0.4, -0.2) is 22.3 Å². The number of para-hydroxylation sites is 4. The molecule has 0 radical (unpaired) electrons. The molecule has 0 saturated carbocycles. The third-order valence-corrected chi connectivity index (χ3v) is 7.33. The summed E-state index contributed by atoms with van der Waals surface area (Å²) in [7, 11) is 0. The topological polar surface area (TPSA) is 86.7 Å². The van der Waals surface area contributed by atoms with Crippen LogP contribution in [0.1, 0.15) is 32.0 Å². The summed E-state index contributed by atoms with van der Waals surface area (Å²) in [5.41, 5.74) is 7.04. The number of Topliss-reactive ketones (excluding diaryl/α,β-unsaturated/α-hetero) is 2. The Morgan fingerprint density at radius 1 is 0.658 bits per heavy atom. The maximum absolute atomic E-state index is 13.6. The summed E-state index contributed by atoms with van der Waals surface area (Å²) in [6.45, 7) is 0. The molecule has 0 saturated heterocycles. The molecule has 0 spiro atoms. The molecule has 6 heteroatoms. The second-order valence-electron chi connectivity index (χ2n) is 9.45. The van der Waals surface area contributed by atoms with Crippen molar-refractivity contribution in [3.63, 3.8) is 0 Å². The Hall–Kier alpha value is -5.36. The van der Waals surface area contributed by atoms with E-state index in [2.05, 4.69) is 10.3 Å². The van der Waals surface area contributed by atoms with E-state index in [1.807, 2.05) is 91.0 Å². The lowest BCUT2D eigenvalue weighted by molar-refractivity contribution is 0.103. The highest BCUT2D eigenvalue weighted by atomic mass is 16.1. The second kappa shape index (κ2) is 7.57. The van der Waals surface area contributed by atoms with E-state index in [4.69, 9.17) is 9.98 Å². The number of hydrogen-bond acceptors (Lipinski definition) is 5. The van der Waals surface area contributed by atoms with Gasteiger partial charge < -0.3 is 10.3 Å². The number of fused-ring (bicyclic) bond motifs is 4. The fourth-order valence-corrected chi connectivity index (χ4v) is 5.61. The third-order valence-electron chi connectivity index (χ3n) is 7.33. The van der Waals surface area contributed by atoms with Gasteiger partial charge in [0.25, 0.3) is 0 Å².